The molecule has 0 radical (unpaired) electrons. The zero-order valence-corrected chi connectivity index (χ0v) is 23.2. The molecule has 1 fully saturated rings. The number of likely N-dealkylation sites (tertiary alicyclic amines) is 1. The summed E-state index contributed by atoms with van der Waals surface area (Å²) in [5, 5.41) is 15.1. The van der Waals surface area contributed by atoms with E-state index >= 15 is 0 Å². The molecule has 3 amide bonds. The number of nitrogens with zero attached hydrogens (tertiary/aromatic N) is 1. The van der Waals surface area contributed by atoms with E-state index in [4.69, 9.17) is 4.74 Å². The van der Waals surface area contributed by atoms with Gasteiger partial charge in [0.2, 0.25) is 11.8 Å². The van der Waals surface area contributed by atoms with Crippen LogP contribution in [0.3, 0.4) is 0 Å². The van der Waals surface area contributed by atoms with Gasteiger partial charge < -0.3 is 25.4 Å². The molecule has 1 aliphatic rings. The van der Waals surface area contributed by atoms with Crippen LogP contribution in [-0.4, -0.2) is 64.7 Å². The first-order valence-electron chi connectivity index (χ1n) is 13.0. The van der Waals surface area contributed by atoms with Crippen molar-refractivity contribution in [2.75, 3.05) is 13.1 Å². The molecule has 0 aromatic heterocycles. The molecule has 0 spiro atoms. The summed E-state index contributed by atoms with van der Waals surface area (Å²) < 4.78 is 5.51. The highest BCUT2D eigenvalue weighted by Gasteiger charge is 2.45. The Hall–Kier alpha value is -3.10. The predicted molar refractivity (Wildman–Crippen MR) is 141 cm³/mol. The van der Waals surface area contributed by atoms with E-state index in [2.05, 4.69) is 10.6 Å². The zero-order chi connectivity index (χ0) is 28.0. The van der Waals surface area contributed by atoms with E-state index in [9.17, 15) is 24.3 Å². The van der Waals surface area contributed by atoms with Crippen molar-refractivity contribution in [3.63, 3.8) is 0 Å². The van der Waals surface area contributed by atoms with Crippen molar-refractivity contribution in [3.05, 3.63) is 35.9 Å². The second-order valence-electron chi connectivity index (χ2n) is 11.6. The van der Waals surface area contributed by atoms with Gasteiger partial charge in [0.05, 0.1) is 5.41 Å². The summed E-state index contributed by atoms with van der Waals surface area (Å²) in [4.78, 5) is 53.0. The third kappa shape index (κ3) is 8.20. The third-order valence-electron chi connectivity index (χ3n) is 6.59. The molecule has 0 bridgehead atoms. The number of hydrogen-bond donors (Lipinski definition) is 3. The van der Waals surface area contributed by atoms with Gasteiger partial charge in [-0.15, -0.1) is 0 Å². The standard InChI is InChI=1S/C28H43N3O6/c1-18(2)17-21(24(33)34)29-23(32)22(19(3)4)30-25(35)28(20-11-9-8-10-12-20)13-15-31(16-14-28)26(36)37-27(5,6)7/h8-12,18-19,21-22H,13-17H2,1-7H3,(H,29,32)(H,30,35)(H,33,34)/t21-,22-/m1/s1. The minimum atomic E-state index is -1.11. The maximum Gasteiger partial charge on any atom is 0.410 e. The van der Waals surface area contributed by atoms with Crippen molar-refractivity contribution in [3.8, 4) is 0 Å². The van der Waals surface area contributed by atoms with Crippen LogP contribution in [0.2, 0.25) is 0 Å². The van der Waals surface area contributed by atoms with Gasteiger partial charge >= 0.3 is 12.1 Å². The summed E-state index contributed by atoms with van der Waals surface area (Å²) in [6.07, 6.45) is 0.590. The SMILES string of the molecule is CC(C)C[C@@H](NC(=O)[C@H](NC(=O)C1(c2ccccc2)CCN(C(=O)OC(C)(C)C)CC1)C(C)C)C(=O)O. The van der Waals surface area contributed by atoms with E-state index < -0.39 is 41.1 Å². The Morgan fingerprint density at radius 3 is 2.03 bits per heavy atom. The van der Waals surface area contributed by atoms with Gasteiger partial charge in [-0.25, -0.2) is 9.59 Å². The molecule has 1 saturated heterocycles. The van der Waals surface area contributed by atoms with Crippen LogP contribution in [0.15, 0.2) is 30.3 Å². The largest absolute Gasteiger partial charge is 0.480 e. The van der Waals surface area contributed by atoms with Gasteiger partial charge in [-0.2, -0.15) is 0 Å². The van der Waals surface area contributed by atoms with Gasteiger partial charge in [-0.3, -0.25) is 9.59 Å². The van der Waals surface area contributed by atoms with Crippen molar-refractivity contribution in [2.24, 2.45) is 11.8 Å². The number of piperidine rings is 1. The summed E-state index contributed by atoms with van der Waals surface area (Å²) in [6, 6.07) is 7.42. The highest BCUT2D eigenvalue weighted by atomic mass is 16.6. The van der Waals surface area contributed by atoms with Crippen LogP contribution in [0, 0.1) is 11.8 Å². The summed E-state index contributed by atoms with van der Waals surface area (Å²) >= 11 is 0. The molecular formula is C28H43N3O6. The fraction of sp³-hybridized carbons (Fsp3) is 0.643. The van der Waals surface area contributed by atoms with E-state index in [0.29, 0.717) is 25.9 Å². The summed E-state index contributed by atoms with van der Waals surface area (Å²) in [5.41, 5.74) is -0.761. The number of aliphatic carboxylic acids is 1. The topological polar surface area (TPSA) is 125 Å². The number of carboxylic acid groups (broad SMARTS) is 1. The average molecular weight is 518 g/mol. The molecule has 0 aliphatic carbocycles. The number of rotatable bonds is 9. The second-order valence-corrected chi connectivity index (χ2v) is 11.6. The van der Waals surface area contributed by atoms with Gasteiger partial charge in [-0.1, -0.05) is 58.0 Å². The van der Waals surface area contributed by atoms with Crippen LogP contribution < -0.4 is 10.6 Å². The molecule has 1 aliphatic heterocycles. The van der Waals surface area contributed by atoms with Crippen molar-refractivity contribution in [1.82, 2.24) is 15.5 Å². The van der Waals surface area contributed by atoms with E-state index in [-0.39, 0.29) is 24.2 Å². The molecule has 37 heavy (non-hydrogen) atoms. The van der Waals surface area contributed by atoms with Crippen LogP contribution in [0.5, 0.6) is 0 Å². The number of hydrogen-bond acceptors (Lipinski definition) is 5. The second kappa shape index (κ2) is 12.4. The number of ether oxygens (including phenoxy) is 1. The molecule has 0 unspecified atom stereocenters. The van der Waals surface area contributed by atoms with Gasteiger partial charge in [-0.05, 0) is 57.4 Å². The number of amides is 3. The lowest BCUT2D eigenvalue weighted by Crippen LogP contribution is -2.59. The van der Waals surface area contributed by atoms with E-state index in [1.54, 1.807) is 4.90 Å². The maximum atomic E-state index is 13.9. The number of benzene rings is 1. The number of carbonyl (C=O) groups excluding carboxylic acids is 3. The molecule has 9 nitrogen and oxygen atoms in total. The first kappa shape index (κ1) is 30.1. The zero-order valence-electron chi connectivity index (χ0n) is 23.2. The maximum absolute atomic E-state index is 13.9. The van der Waals surface area contributed by atoms with Crippen LogP contribution in [0.25, 0.3) is 0 Å². The first-order chi connectivity index (χ1) is 17.2. The Morgan fingerprint density at radius 1 is 1.00 bits per heavy atom. The minimum absolute atomic E-state index is 0.0741. The Kier molecular flexibility index (Phi) is 10.1. The number of nitrogens with one attached hydrogen (secondary N) is 2. The van der Waals surface area contributed by atoms with Gasteiger partial charge in [0.1, 0.15) is 17.7 Å². The summed E-state index contributed by atoms with van der Waals surface area (Å²) in [6.45, 7) is 13.5. The van der Waals surface area contributed by atoms with E-state index in [0.717, 1.165) is 5.56 Å². The van der Waals surface area contributed by atoms with Gasteiger partial charge in [0.15, 0.2) is 0 Å². The van der Waals surface area contributed by atoms with Crippen LogP contribution in [0.4, 0.5) is 4.79 Å². The monoisotopic (exact) mass is 517 g/mol. The Balaban J connectivity index is 2.27. The number of carbonyl (C=O) groups is 4. The average Bonchev–Trinajstić information content (AvgIpc) is 2.80. The Labute approximate surface area is 220 Å². The fourth-order valence-electron chi connectivity index (χ4n) is 4.57. The molecule has 1 aromatic rings. The molecule has 0 saturated carbocycles. The van der Waals surface area contributed by atoms with Crippen LogP contribution in [0.1, 0.15) is 73.3 Å². The molecule has 2 rings (SSSR count). The van der Waals surface area contributed by atoms with E-state index in [1.807, 2.05) is 78.8 Å². The third-order valence-corrected chi connectivity index (χ3v) is 6.59. The molecule has 1 heterocycles. The van der Waals surface area contributed by atoms with Crippen LogP contribution >= 0.6 is 0 Å². The fourth-order valence-corrected chi connectivity index (χ4v) is 4.57. The van der Waals surface area contributed by atoms with Crippen molar-refractivity contribution in [1.29, 1.82) is 0 Å². The molecule has 2 atom stereocenters. The van der Waals surface area contributed by atoms with Crippen molar-refractivity contribution >= 4 is 23.9 Å². The van der Waals surface area contributed by atoms with Crippen molar-refractivity contribution < 1.29 is 29.0 Å². The van der Waals surface area contributed by atoms with Crippen molar-refractivity contribution in [2.45, 2.75) is 90.8 Å². The molecule has 206 valence electrons. The Morgan fingerprint density at radius 2 is 1.57 bits per heavy atom. The molecule has 9 heteroatoms. The highest BCUT2D eigenvalue weighted by molar-refractivity contribution is 5.94. The molecule has 1 aromatic carbocycles. The van der Waals surface area contributed by atoms with Gasteiger partial charge in [0, 0.05) is 13.1 Å². The highest BCUT2D eigenvalue weighted by Crippen LogP contribution is 2.36. The normalized spacial score (nSPS) is 17.2. The summed E-state index contributed by atoms with van der Waals surface area (Å²) in [7, 11) is 0. The summed E-state index contributed by atoms with van der Waals surface area (Å²) in [5.74, 6) is -2.14. The molecular weight excluding hydrogens is 474 g/mol. The lowest BCUT2D eigenvalue weighted by Gasteiger charge is -2.42. The van der Waals surface area contributed by atoms with Crippen LogP contribution in [-0.2, 0) is 24.5 Å². The van der Waals surface area contributed by atoms with E-state index in [1.165, 1.54) is 0 Å². The number of carboxylic acids is 1. The predicted octanol–water partition coefficient (Wildman–Crippen LogP) is 3.71. The minimum Gasteiger partial charge on any atom is -0.480 e. The molecule has 3 N–H and O–H groups in total. The Bertz CT molecular complexity index is 946. The lowest BCUT2D eigenvalue weighted by atomic mass is 9.71. The lowest BCUT2D eigenvalue weighted by molar-refractivity contribution is -0.143. The van der Waals surface area contributed by atoms with Gasteiger partial charge in [0.25, 0.3) is 0 Å². The quantitative estimate of drug-likeness (QED) is 0.459. The smallest absolute Gasteiger partial charge is 0.410 e. The first-order valence-corrected chi connectivity index (χ1v) is 13.0.